The summed E-state index contributed by atoms with van der Waals surface area (Å²) in [7, 11) is 0. The summed E-state index contributed by atoms with van der Waals surface area (Å²) in [5.74, 6) is 0.869. The normalized spacial score (nSPS) is 22.8. The number of ether oxygens (including phenoxy) is 1. The molecule has 0 heterocycles. The van der Waals surface area contributed by atoms with Crippen molar-refractivity contribution < 1.29 is 9.53 Å². The van der Waals surface area contributed by atoms with E-state index in [9.17, 15) is 4.79 Å². The van der Waals surface area contributed by atoms with Gasteiger partial charge in [-0.15, -0.1) is 0 Å². The van der Waals surface area contributed by atoms with Crippen LogP contribution in [0.1, 0.15) is 33.1 Å². The van der Waals surface area contributed by atoms with E-state index in [1.165, 1.54) is 18.9 Å². The lowest BCUT2D eigenvalue weighted by molar-refractivity contribution is -0.141. The van der Waals surface area contributed by atoms with E-state index in [0.29, 0.717) is 18.4 Å². The molecule has 100 valence electrons. The first kappa shape index (κ1) is 14.7. The molecule has 0 saturated heterocycles. The van der Waals surface area contributed by atoms with E-state index >= 15 is 0 Å². The molecule has 0 N–H and O–H groups in total. The van der Waals surface area contributed by atoms with Gasteiger partial charge in [0.15, 0.2) is 0 Å². The molecule has 2 nitrogen and oxygen atoms in total. The number of carbonyl (C=O) groups excluding carboxylic acids is 1. The van der Waals surface area contributed by atoms with Crippen LogP contribution in [0.15, 0.2) is 37.5 Å². The van der Waals surface area contributed by atoms with E-state index in [-0.39, 0.29) is 11.4 Å². The Morgan fingerprint density at radius 3 is 2.44 bits per heavy atom. The van der Waals surface area contributed by atoms with Crippen LogP contribution in [0.3, 0.4) is 0 Å². The first-order valence-corrected chi connectivity index (χ1v) is 6.50. The van der Waals surface area contributed by atoms with Crippen LogP contribution in [0.5, 0.6) is 0 Å². The van der Waals surface area contributed by atoms with Crippen LogP contribution in [0, 0.1) is 17.3 Å². The predicted molar refractivity (Wildman–Crippen MR) is 75.1 cm³/mol. The van der Waals surface area contributed by atoms with Crippen LogP contribution < -0.4 is 0 Å². The second-order valence-corrected chi connectivity index (χ2v) is 5.90. The van der Waals surface area contributed by atoms with Gasteiger partial charge in [-0.3, -0.25) is 0 Å². The summed E-state index contributed by atoms with van der Waals surface area (Å²) in [6.07, 6.45) is 6.56. The van der Waals surface area contributed by atoms with E-state index in [2.05, 4.69) is 33.6 Å². The average Bonchev–Trinajstić information content (AvgIpc) is 2.31. The number of carbonyl (C=O) groups is 1. The molecule has 0 radical (unpaired) electrons. The summed E-state index contributed by atoms with van der Waals surface area (Å²) in [6, 6.07) is 0. The molecule has 0 amide bonds. The van der Waals surface area contributed by atoms with Crippen molar-refractivity contribution in [2.75, 3.05) is 6.61 Å². The molecule has 0 aromatic rings. The Bertz CT molecular complexity index is 352. The lowest BCUT2D eigenvalue weighted by Crippen LogP contribution is -2.33. The Hall–Kier alpha value is -1.31. The van der Waals surface area contributed by atoms with E-state index in [1.54, 1.807) is 0 Å². The van der Waals surface area contributed by atoms with Crippen molar-refractivity contribution in [2.24, 2.45) is 17.3 Å². The van der Waals surface area contributed by atoms with E-state index in [1.807, 2.05) is 6.08 Å². The number of esters is 1. The highest BCUT2D eigenvalue weighted by atomic mass is 16.5. The van der Waals surface area contributed by atoms with Gasteiger partial charge >= 0.3 is 5.97 Å². The van der Waals surface area contributed by atoms with Crippen molar-refractivity contribution in [3.63, 3.8) is 0 Å². The maximum Gasteiger partial charge on any atom is 0.330 e. The fourth-order valence-electron chi connectivity index (χ4n) is 2.55. The summed E-state index contributed by atoms with van der Waals surface area (Å²) in [5, 5.41) is 0. The Morgan fingerprint density at radius 1 is 1.33 bits per heavy atom. The third-order valence-corrected chi connectivity index (χ3v) is 3.74. The SMILES string of the molecule is C=CC(=C)[C@@H]1CC[C@@H]1CC(C)(C)COC(=O)C=C. The minimum atomic E-state index is -0.344. The van der Waals surface area contributed by atoms with Gasteiger partial charge in [-0.1, -0.05) is 45.2 Å². The summed E-state index contributed by atoms with van der Waals surface area (Å²) in [4.78, 5) is 11.1. The van der Waals surface area contributed by atoms with Crippen molar-refractivity contribution in [3.8, 4) is 0 Å². The molecular formula is C16H24O2. The largest absolute Gasteiger partial charge is 0.462 e. The highest BCUT2D eigenvalue weighted by Gasteiger charge is 2.36. The lowest BCUT2D eigenvalue weighted by atomic mass is 9.64. The fraction of sp³-hybridized carbons (Fsp3) is 0.562. The zero-order chi connectivity index (χ0) is 13.8. The highest BCUT2D eigenvalue weighted by molar-refractivity contribution is 5.81. The van der Waals surface area contributed by atoms with Crippen LogP contribution in [0.4, 0.5) is 0 Å². The minimum Gasteiger partial charge on any atom is -0.462 e. The standard InChI is InChI=1S/C16H24O2/c1-6-12(3)14-9-8-13(14)10-16(4,5)11-18-15(17)7-2/h6-7,13-14H,1-3,8-11H2,4-5H3/t13-,14+/m1/s1. The average molecular weight is 248 g/mol. The molecule has 2 heteroatoms. The monoisotopic (exact) mass is 248 g/mol. The van der Waals surface area contributed by atoms with Crippen LogP contribution >= 0.6 is 0 Å². The van der Waals surface area contributed by atoms with Gasteiger partial charge in [0.2, 0.25) is 0 Å². The molecule has 1 saturated carbocycles. The Morgan fingerprint density at radius 2 is 2.00 bits per heavy atom. The molecule has 1 fully saturated rings. The zero-order valence-electron chi connectivity index (χ0n) is 11.6. The lowest BCUT2D eigenvalue weighted by Gasteiger charge is -2.41. The van der Waals surface area contributed by atoms with Crippen molar-refractivity contribution >= 4 is 5.97 Å². The maximum absolute atomic E-state index is 11.1. The van der Waals surface area contributed by atoms with Crippen molar-refractivity contribution in [3.05, 3.63) is 37.5 Å². The molecule has 0 spiro atoms. The molecule has 18 heavy (non-hydrogen) atoms. The van der Waals surface area contributed by atoms with Crippen molar-refractivity contribution in [2.45, 2.75) is 33.1 Å². The van der Waals surface area contributed by atoms with E-state index in [0.717, 1.165) is 12.0 Å². The molecule has 2 atom stereocenters. The van der Waals surface area contributed by atoms with Gasteiger partial charge in [0.25, 0.3) is 0 Å². The quantitative estimate of drug-likeness (QED) is 0.388. The van der Waals surface area contributed by atoms with Crippen molar-refractivity contribution in [1.82, 2.24) is 0 Å². The van der Waals surface area contributed by atoms with Gasteiger partial charge in [-0.2, -0.15) is 0 Å². The first-order chi connectivity index (χ1) is 8.39. The van der Waals surface area contributed by atoms with Gasteiger partial charge in [0.05, 0.1) is 6.61 Å². The number of hydrogen-bond acceptors (Lipinski definition) is 2. The molecule has 0 unspecified atom stereocenters. The summed E-state index contributed by atoms with van der Waals surface area (Å²) in [6.45, 7) is 15.9. The molecule has 1 aliphatic rings. The van der Waals surface area contributed by atoms with Crippen molar-refractivity contribution in [1.29, 1.82) is 0 Å². The maximum atomic E-state index is 11.1. The van der Waals surface area contributed by atoms with Gasteiger partial charge in [0, 0.05) is 6.08 Å². The third kappa shape index (κ3) is 3.86. The van der Waals surface area contributed by atoms with Gasteiger partial charge in [0.1, 0.15) is 0 Å². The zero-order valence-corrected chi connectivity index (χ0v) is 11.6. The van der Waals surface area contributed by atoms with Crippen LogP contribution in [0.2, 0.25) is 0 Å². The van der Waals surface area contributed by atoms with Crippen LogP contribution in [0.25, 0.3) is 0 Å². The molecule has 0 bridgehead atoms. The van der Waals surface area contributed by atoms with E-state index in [4.69, 9.17) is 4.74 Å². The summed E-state index contributed by atoms with van der Waals surface area (Å²) < 4.78 is 5.15. The molecule has 1 aliphatic carbocycles. The van der Waals surface area contributed by atoms with Crippen LogP contribution in [-0.4, -0.2) is 12.6 Å². The highest BCUT2D eigenvalue weighted by Crippen LogP contribution is 2.45. The first-order valence-electron chi connectivity index (χ1n) is 6.50. The van der Waals surface area contributed by atoms with Gasteiger partial charge in [-0.05, 0) is 36.5 Å². The Labute approximate surface area is 110 Å². The fourth-order valence-corrected chi connectivity index (χ4v) is 2.55. The summed E-state index contributed by atoms with van der Waals surface area (Å²) >= 11 is 0. The second kappa shape index (κ2) is 6.03. The Kier molecular flexibility index (Phi) is 4.94. The number of hydrogen-bond donors (Lipinski definition) is 0. The smallest absolute Gasteiger partial charge is 0.330 e. The van der Waals surface area contributed by atoms with Crippen LogP contribution in [-0.2, 0) is 9.53 Å². The molecule has 0 aromatic carbocycles. The molecule has 0 aromatic heterocycles. The van der Waals surface area contributed by atoms with Gasteiger partial charge in [-0.25, -0.2) is 4.79 Å². The second-order valence-electron chi connectivity index (χ2n) is 5.90. The summed E-state index contributed by atoms with van der Waals surface area (Å²) in [5.41, 5.74) is 1.15. The molecule has 1 rings (SSSR count). The number of allylic oxidation sites excluding steroid dienone is 2. The third-order valence-electron chi connectivity index (χ3n) is 3.74. The minimum absolute atomic E-state index is 0.00343. The van der Waals surface area contributed by atoms with E-state index < -0.39 is 0 Å². The number of rotatable bonds is 7. The molecule has 0 aliphatic heterocycles. The topological polar surface area (TPSA) is 26.3 Å². The Balaban J connectivity index is 2.45. The molecular weight excluding hydrogens is 224 g/mol. The predicted octanol–water partition coefficient (Wildman–Crippen LogP) is 3.90. The van der Waals surface area contributed by atoms with Gasteiger partial charge < -0.3 is 4.74 Å².